The van der Waals surface area contributed by atoms with E-state index in [4.69, 9.17) is 11.6 Å². The number of hydrogen-bond acceptors (Lipinski definition) is 3. The third kappa shape index (κ3) is 2.47. The molecule has 1 aromatic carbocycles. The summed E-state index contributed by atoms with van der Waals surface area (Å²) < 4.78 is 0. The molecule has 1 unspecified atom stereocenters. The van der Waals surface area contributed by atoms with E-state index in [0.717, 1.165) is 12.8 Å². The Hall–Kier alpha value is -1.42. The lowest BCUT2D eigenvalue weighted by Gasteiger charge is -2.23. The first kappa shape index (κ1) is 12.0. The summed E-state index contributed by atoms with van der Waals surface area (Å²) in [4.78, 5) is 13.9. The van der Waals surface area contributed by atoms with Crippen molar-refractivity contribution in [3.63, 3.8) is 0 Å². The van der Waals surface area contributed by atoms with Gasteiger partial charge in [-0.1, -0.05) is 0 Å². The van der Waals surface area contributed by atoms with E-state index in [1.807, 2.05) is 0 Å². The predicted molar refractivity (Wildman–Crippen MR) is 64.6 cm³/mol. The van der Waals surface area contributed by atoms with E-state index in [9.17, 15) is 15.0 Å². The summed E-state index contributed by atoms with van der Waals surface area (Å²) in [5, 5.41) is 18.7. The first-order valence-corrected chi connectivity index (χ1v) is 6.05. The number of hydrogen-bond donors (Lipinski definition) is 2. The number of aromatic hydroxyl groups is 2. The summed E-state index contributed by atoms with van der Waals surface area (Å²) in [5.74, 6) is -0.0134. The van der Waals surface area contributed by atoms with Crippen LogP contribution < -0.4 is 0 Å². The zero-order valence-corrected chi connectivity index (χ0v) is 10.0. The van der Waals surface area contributed by atoms with E-state index in [-0.39, 0.29) is 23.4 Å². The van der Waals surface area contributed by atoms with Gasteiger partial charge in [-0.2, -0.15) is 0 Å². The highest BCUT2D eigenvalue weighted by Crippen LogP contribution is 2.25. The Morgan fingerprint density at radius 3 is 2.59 bits per heavy atom. The molecule has 1 atom stereocenters. The van der Waals surface area contributed by atoms with Crippen LogP contribution in [0.1, 0.15) is 23.2 Å². The fourth-order valence-electron chi connectivity index (χ4n) is 2.15. The molecule has 1 fully saturated rings. The largest absolute Gasteiger partial charge is 0.508 e. The van der Waals surface area contributed by atoms with Crippen molar-refractivity contribution in [2.75, 3.05) is 12.4 Å². The molecular formula is C12H14ClNO3. The molecule has 0 aliphatic carbocycles. The van der Waals surface area contributed by atoms with Crippen LogP contribution in [0.2, 0.25) is 0 Å². The second-order valence-corrected chi connectivity index (χ2v) is 4.50. The molecule has 1 aromatic rings. The number of halogens is 1. The maximum atomic E-state index is 12.2. The van der Waals surface area contributed by atoms with Gasteiger partial charge in [0.25, 0.3) is 5.91 Å². The normalized spacial score (nSPS) is 19.6. The highest BCUT2D eigenvalue weighted by atomic mass is 35.5. The smallest absolute Gasteiger partial charge is 0.254 e. The van der Waals surface area contributed by atoms with Crippen LogP contribution in [0.15, 0.2) is 18.2 Å². The molecule has 17 heavy (non-hydrogen) atoms. The van der Waals surface area contributed by atoms with Gasteiger partial charge in [-0.05, 0) is 25.0 Å². The quantitative estimate of drug-likeness (QED) is 0.794. The van der Waals surface area contributed by atoms with Gasteiger partial charge in [0, 0.05) is 30.1 Å². The number of phenolic OH excluding ortho intramolecular Hbond substituents is 2. The highest BCUT2D eigenvalue weighted by Gasteiger charge is 2.28. The molecular weight excluding hydrogens is 242 g/mol. The molecule has 2 rings (SSSR count). The van der Waals surface area contributed by atoms with Crippen LogP contribution in [0.5, 0.6) is 11.5 Å². The van der Waals surface area contributed by atoms with Crippen LogP contribution >= 0.6 is 11.6 Å². The molecule has 5 heteroatoms. The Kier molecular flexibility index (Phi) is 3.43. The summed E-state index contributed by atoms with van der Waals surface area (Å²) in [6, 6.07) is 3.95. The lowest BCUT2D eigenvalue weighted by molar-refractivity contribution is 0.0748. The third-order valence-corrected chi connectivity index (χ3v) is 3.32. The van der Waals surface area contributed by atoms with Crippen molar-refractivity contribution in [3.8, 4) is 11.5 Å². The van der Waals surface area contributed by atoms with Crippen LogP contribution in [-0.2, 0) is 0 Å². The summed E-state index contributed by atoms with van der Waals surface area (Å²) >= 11 is 5.80. The Bertz CT molecular complexity index is 416. The number of likely N-dealkylation sites (tertiary alicyclic amines) is 1. The lowest BCUT2D eigenvalue weighted by Crippen LogP contribution is -2.36. The molecule has 1 aliphatic rings. The molecule has 0 radical (unpaired) electrons. The topological polar surface area (TPSA) is 60.8 Å². The van der Waals surface area contributed by atoms with Crippen molar-refractivity contribution in [1.82, 2.24) is 4.90 Å². The SMILES string of the molecule is O=C(c1cc(O)cc(O)c1)N1CCCC1CCl. The van der Waals surface area contributed by atoms with Crippen LogP contribution in [0.4, 0.5) is 0 Å². The average Bonchev–Trinajstić information content (AvgIpc) is 2.74. The van der Waals surface area contributed by atoms with Gasteiger partial charge in [-0.3, -0.25) is 4.79 Å². The molecule has 4 nitrogen and oxygen atoms in total. The number of phenols is 2. The molecule has 1 saturated heterocycles. The van der Waals surface area contributed by atoms with E-state index >= 15 is 0 Å². The molecule has 0 saturated carbocycles. The summed E-state index contributed by atoms with van der Waals surface area (Å²) in [7, 11) is 0. The van der Waals surface area contributed by atoms with Crippen molar-refractivity contribution in [1.29, 1.82) is 0 Å². The Morgan fingerprint density at radius 1 is 1.35 bits per heavy atom. The van der Waals surface area contributed by atoms with Crippen molar-refractivity contribution in [2.45, 2.75) is 18.9 Å². The van der Waals surface area contributed by atoms with Crippen LogP contribution in [-0.4, -0.2) is 39.5 Å². The van der Waals surface area contributed by atoms with E-state index < -0.39 is 0 Å². The van der Waals surface area contributed by atoms with Gasteiger partial charge in [0.05, 0.1) is 0 Å². The van der Waals surface area contributed by atoms with Crippen LogP contribution in [0.3, 0.4) is 0 Å². The maximum absolute atomic E-state index is 12.2. The van der Waals surface area contributed by atoms with E-state index in [1.165, 1.54) is 18.2 Å². The van der Waals surface area contributed by atoms with E-state index in [0.29, 0.717) is 18.0 Å². The zero-order valence-electron chi connectivity index (χ0n) is 9.27. The monoisotopic (exact) mass is 255 g/mol. The number of amides is 1. The van der Waals surface area contributed by atoms with Gasteiger partial charge in [-0.25, -0.2) is 0 Å². The van der Waals surface area contributed by atoms with Gasteiger partial charge in [0.2, 0.25) is 0 Å². The summed E-state index contributed by atoms with van der Waals surface area (Å²) in [5.41, 5.74) is 0.291. The number of carbonyl (C=O) groups is 1. The van der Waals surface area contributed by atoms with Crippen LogP contribution in [0.25, 0.3) is 0 Å². The van der Waals surface area contributed by atoms with Crippen LogP contribution in [0, 0.1) is 0 Å². The van der Waals surface area contributed by atoms with Gasteiger partial charge < -0.3 is 15.1 Å². The number of alkyl halides is 1. The lowest BCUT2D eigenvalue weighted by atomic mass is 10.1. The molecule has 1 amide bonds. The zero-order chi connectivity index (χ0) is 12.4. The standard InChI is InChI=1S/C12H14ClNO3/c13-7-9-2-1-3-14(9)12(17)8-4-10(15)6-11(16)5-8/h4-6,9,15-16H,1-3,7H2. The Morgan fingerprint density at radius 2 is 2.00 bits per heavy atom. The Labute approximate surface area is 104 Å². The van der Waals surface area contributed by atoms with Gasteiger partial charge in [0.15, 0.2) is 0 Å². The Balaban J connectivity index is 2.24. The van der Waals surface area contributed by atoms with Crippen molar-refractivity contribution in [2.24, 2.45) is 0 Å². The van der Waals surface area contributed by atoms with Gasteiger partial charge in [-0.15, -0.1) is 11.6 Å². The molecule has 92 valence electrons. The van der Waals surface area contributed by atoms with Gasteiger partial charge >= 0.3 is 0 Å². The van der Waals surface area contributed by atoms with Crippen molar-refractivity contribution < 1.29 is 15.0 Å². The van der Waals surface area contributed by atoms with E-state index in [2.05, 4.69) is 0 Å². The molecule has 1 aliphatic heterocycles. The van der Waals surface area contributed by atoms with E-state index in [1.54, 1.807) is 4.90 Å². The number of nitrogens with zero attached hydrogens (tertiary/aromatic N) is 1. The van der Waals surface area contributed by atoms with Crippen molar-refractivity contribution >= 4 is 17.5 Å². The molecule has 0 spiro atoms. The predicted octanol–water partition coefficient (Wildman–Crippen LogP) is 1.94. The highest BCUT2D eigenvalue weighted by molar-refractivity contribution is 6.18. The van der Waals surface area contributed by atoms with Crippen molar-refractivity contribution in [3.05, 3.63) is 23.8 Å². The fraction of sp³-hybridized carbons (Fsp3) is 0.417. The molecule has 1 heterocycles. The first-order valence-electron chi connectivity index (χ1n) is 5.52. The minimum absolute atomic E-state index is 0.0497. The number of rotatable bonds is 2. The summed E-state index contributed by atoms with van der Waals surface area (Å²) in [6.07, 6.45) is 1.84. The first-order chi connectivity index (χ1) is 8.11. The summed E-state index contributed by atoms with van der Waals surface area (Å²) in [6.45, 7) is 0.673. The molecule has 0 aromatic heterocycles. The fourth-order valence-corrected chi connectivity index (χ4v) is 2.47. The second kappa shape index (κ2) is 4.84. The second-order valence-electron chi connectivity index (χ2n) is 4.19. The number of benzene rings is 1. The molecule has 2 N–H and O–H groups in total. The minimum atomic E-state index is -0.195. The number of carbonyl (C=O) groups excluding carboxylic acids is 1. The average molecular weight is 256 g/mol. The molecule has 0 bridgehead atoms. The maximum Gasteiger partial charge on any atom is 0.254 e. The minimum Gasteiger partial charge on any atom is -0.508 e. The third-order valence-electron chi connectivity index (χ3n) is 2.97. The van der Waals surface area contributed by atoms with Gasteiger partial charge in [0.1, 0.15) is 11.5 Å².